The Morgan fingerprint density at radius 1 is 1.08 bits per heavy atom. The molecule has 0 saturated carbocycles. The first-order valence-corrected chi connectivity index (χ1v) is 9.34. The molecule has 1 aromatic carbocycles. The van der Waals surface area contributed by atoms with E-state index in [2.05, 4.69) is 35.7 Å². The van der Waals surface area contributed by atoms with Gasteiger partial charge in [0, 0.05) is 28.5 Å². The Morgan fingerprint density at radius 2 is 1.76 bits per heavy atom. The van der Waals surface area contributed by atoms with E-state index in [1.807, 2.05) is 4.57 Å². The Balaban J connectivity index is 2.24. The van der Waals surface area contributed by atoms with E-state index in [0.717, 1.165) is 11.3 Å². The lowest BCUT2D eigenvalue weighted by atomic mass is 10.0. The second-order valence-corrected chi connectivity index (χ2v) is 7.94. The third-order valence-electron chi connectivity index (χ3n) is 3.74. The minimum absolute atomic E-state index is 0.239. The fourth-order valence-electron chi connectivity index (χ4n) is 2.53. The highest BCUT2D eigenvalue weighted by Gasteiger charge is 2.24. The topological polar surface area (TPSA) is 66.7 Å². The second-order valence-electron chi connectivity index (χ2n) is 6.67. The standard InChI is InChI=1S/C18H19FN4OS/c1-18(2,3)23-11-21-15(12-5-7-13(19)8-6-12)16(23)14-9-10-20-17(22-14)25(4)24/h5-11H,1-4H3. The molecule has 0 spiro atoms. The van der Waals surface area contributed by atoms with Crippen LogP contribution in [0.4, 0.5) is 4.39 Å². The molecule has 2 heterocycles. The van der Waals surface area contributed by atoms with E-state index >= 15 is 0 Å². The van der Waals surface area contributed by atoms with E-state index in [1.54, 1.807) is 37.0 Å². The normalized spacial score (nSPS) is 13.0. The number of nitrogens with zero attached hydrogens (tertiary/aromatic N) is 4. The van der Waals surface area contributed by atoms with Crippen molar-refractivity contribution < 1.29 is 8.94 Å². The van der Waals surface area contributed by atoms with E-state index in [1.165, 1.54) is 12.1 Å². The number of rotatable bonds is 3. The van der Waals surface area contributed by atoms with Gasteiger partial charge in [-0.1, -0.05) is 0 Å². The van der Waals surface area contributed by atoms with Crippen LogP contribution in [0.3, 0.4) is 0 Å². The van der Waals surface area contributed by atoms with Gasteiger partial charge in [0.25, 0.3) is 0 Å². The van der Waals surface area contributed by atoms with E-state index in [4.69, 9.17) is 0 Å². The number of hydrogen-bond acceptors (Lipinski definition) is 4. The molecule has 3 aromatic rings. The van der Waals surface area contributed by atoms with Gasteiger partial charge in [0.1, 0.15) is 12.1 Å². The molecule has 130 valence electrons. The predicted molar refractivity (Wildman–Crippen MR) is 96.0 cm³/mol. The average molecular weight is 358 g/mol. The summed E-state index contributed by atoms with van der Waals surface area (Å²) in [5, 5.41) is 0.268. The van der Waals surface area contributed by atoms with Crippen LogP contribution < -0.4 is 0 Å². The molecule has 2 aromatic heterocycles. The van der Waals surface area contributed by atoms with Crippen LogP contribution in [0, 0.1) is 5.82 Å². The fourth-order valence-corrected chi connectivity index (χ4v) is 2.97. The van der Waals surface area contributed by atoms with Crippen molar-refractivity contribution >= 4 is 11.2 Å². The van der Waals surface area contributed by atoms with Crippen molar-refractivity contribution in [1.29, 1.82) is 0 Å². The average Bonchev–Trinajstić information content (AvgIpc) is 3.01. The van der Waals surface area contributed by atoms with Crippen molar-refractivity contribution in [2.75, 3.05) is 6.26 Å². The maximum Gasteiger partial charge on any atom is 0.343 e. The summed E-state index contributed by atoms with van der Waals surface area (Å²) in [4.78, 5) is 13.0. The van der Waals surface area contributed by atoms with Crippen molar-refractivity contribution in [3.05, 3.63) is 48.7 Å². The number of halogens is 1. The first-order chi connectivity index (χ1) is 11.8. The lowest BCUT2D eigenvalue weighted by Gasteiger charge is -2.24. The van der Waals surface area contributed by atoms with Gasteiger partial charge in [0.15, 0.2) is 0 Å². The van der Waals surface area contributed by atoms with Crippen molar-refractivity contribution in [3.8, 4) is 22.6 Å². The largest absolute Gasteiger partial charge is 0.609 e. The Labute approximate surface area is 149 Å². The minimum Gasteiger partial charge on any atom is -0.609 e. The van der Waals surface area contributed by atoms with Crippen LogP contribution in [-0.4, -0.2) is 30.3 Å². The summed E-state index contributed by atoms with van der Waals surface area (Å²) < 4.78 is 27.1. The van der Waals surface area contributed by atoms with Gasteiger partial charge in [-0.2, -0.15) is 9.97 Å². The van der Waals surface area contributed by atoms with Crippen LogP contribution >= 0.6 is 0 Å². The monoisotopic (exact) mass is 358 g/mol. The summed E-state index contributed by atoms with van der Waals surface area (Å²) in [7, 11) is 0. The van der Waals surface area contributed by atoms with Gasteiger partial charge in [-0.05, 0) is 51.1 Å². The molecule has 0 N–H and O–H groups in total. The molecule has 0 saturated heterocycles. The summed E-state index contributed by atoms with van der Waals surface area (Å²) in [6.45, 7) is 6.19. The Hall–Kier alpha value is -2.25. The summed E-state index contributed by atoms with van der Waals surface area (Å²) in [6.07, 6.45) is 4.88. The maximum atomic E-state index is 13.3. The Morgan fingerprint density at radius 3 is 2.36 bits per heavy atom. The van der Waals surface area contributed by atoms with Crippen LogP contribution in [0.15, 0.2) is 48.0 Å². The zero-order valence-electron chi connectivity index (χ0n) is 14.5. The lowest BCUT2D eigenvalue weighted by molar-refractivity contribution is 0.400. The van der Waals surface area contributed by atoms with Crippen LogP contribution in [-0.2, 0) is 16.7 Å². The molecule has 0 fully saturated rings. The number of aromatic nitrogens is 4. The van der Waals surface area contributed by atoms with Crippen molar-refractivity contribution in [2.24, 2.45) is 0 Å². The molecule has 0 aliphatic heterocycles. The maximum absolute atomic E-state index is 13.3. The zero-order valence-corrected chi connectivity index (χ0v) is 15.3. The molecular weight excluding hydrogens is 339 g/mol. The molecule has 7 heteroatoms. The van der Waals surface area contributed by atoms with Crippen molar-refractivity contribution in [3.63, 3.8) is 0 Å². The zero-order chi connectivity index (χ0) is 18.2. The summed E-state index contributed by atoms with van der Waals surface area (Å²) in [5.74, 6) is -0.300. The number of imidazole rings is 1. The predicted octanol–water partition coefficient (Wildman–Crippen LogP) is 3.64. The van der Waals surface area contributed by atoms with E-state index in [9.17, 15) is 8.94 Å². The Bertz CT molecular complexity index is 885. The van der Waals surface area contributed by atoms with Gasteiger partial charge in [0.2, 0.25) is 0 Å². The minimum atomic E-state index is -1.28. The van der Waals surface area contributed by atoms with E-state index in [0.29, 0.717) is 11.4 Å². The van der Waals surface area contributed by atoms with E-state index in [-0.39, 0.29) is 16.5 Å². The van der Waals surface area contributed by atoms with Crippen LogP contribution in [0.2, 0.25) is 0 Å². The second kappa shape index (κ2) is 6.57. The SMILES string of the molecule is C[S+]([O-])c1nccc(-c2c(-c3ccc(F)cc3)ncn2C(C)(C)C)n1. The lowest BCUT2D eigenvalue weighted by Crippen LogP contribution is -2.22. The third-order valence-corrected chi connectivity index (χ3v) is 4.45. The van der Waals surface area contributed by atoms with Crippen LogP contribution in [0.25, 0.3) is 22.6 Å². The number of hydrogen-bond donors (Lipinski definition) is 0. The molecule has 3 rings (SSSR count). The van der Waals surface area contributed by atoms with Gasteiger partial charge in [-0.25, -0.2) is 9.37 Å². The first-order valence-electron chi connectivity index (χ1n) is 7.78. The molecular formula is C18H19FN4OS. The van der Waals surface area contributed by atoms with Crippen LogP contribution in [0.1, 0.15) is 20.8 Å². The smallest absolute Gasteiger partial charge is 0.343 e. The van der Waals surface area contributed by atoms with Gasteiger partial charge in [-0.15, -0.1) is 0 Å². The van der Waals surface area contributed by atoms with Gasteiger partial charge < -0.3 is 9.12 Å². The molecule has 0 aliphatic rings. The first kappa shape index (κ1) is 17.6. The quantitative estimate of drug-likeness (QED) is 0.530. The molecule has 1 unspecified atom stereocenters. The summed E-state index contributed by atoms with van der Waals surface area (Å²) in [6, 6.07) is 7.95. The molecule has 5 nitrogen and oxygen atoms in total. The fraction of sp³-hybridized carbons (Fsp3) is 0.278. The number of benzene rings is 1. The molecule has 0 bridgehead atoms. The van der Waals surface area contributed by atoms with Crippen LogP contribution in [0.5, 0.6) is 0 Å². The molecule has 0 amide bonds. The summed E-state index contributed by atoms with van der Waals surface area (Å²) in [5.41, 5.74) is 2.66. The highest BCUT2D eigenvalue weighted by atomic mass is 32.2. The molecule has 0 radical (unpaired) electrons. The van der Waals surface area contributed by atoms with Gasteiger partial charge in [0.05, 0.1) is 23.4 Å². The van der Waals surface area contributed by atoms with Gasteiger partial charge >= 0.3 is 5.16 Å². The Kier molecular flexibility index (Phi) is 4.62. The molecule has 1 atom stereocenters. The van der Waals surface area contributed by atoms with E-state index < -0.39 is 11.2 Å². The molecule has 25 heavy (non-hydrogen) atoms. The van der Waals surface area contributed by atoms with Crippen molar-refractivity contribution in [1.82, 2.24) is 19.5 Å². The third kappa shape index (κ3) is 3.57. The molecule has 0 aliphatic carbocycles. The highest BCUT2D eigenvalue weighted by Crippen LogP contribution is 2.34. The highest BCUT2D eigenvalue weighted by molar-refractivity contribution is 7.90. The van der Waals surface area contributed by atoms with Crippen molar-refractivity contribution in [2.45, 2.75) is 31.5 Å². The van der Waals surface area contributed by atoms with Gasteiger partial charge in [-0.3, -0.25) is 0 Å². The summed E-state index contributed by atoms with van der Waals surface area (Å²) >= 11 is -1.28.